The summed E-state index contributed by atoms with van der Waals surface area (Å²) in [5, 5.41) is 5.35. The second kappa shape index (κ2) is 9.75. The molecule has 0 radical (unpaired) electrons. The highest BCUT2D eigenvalue weighted by Gasteiger charge is 2.31. The summed E-state index contributed by atoms with van der Waals surface area (Å²) in [5.41, 5.74) is 0. The molecule has 2 aliphatic rings. The molecular weight excluding hydrogens is 322 g/mol. The number of imide groups is 1. The summed E-state index contributed by atoms with van der Waals surface area (Å²) in [6.07, 6.45) is 6.82. The van der Waals surface area contributed by atoms with E-state index in [1.54, 1.807) is 13.8 Å². The Kier molecular flexibility index (Phi) is 7.68. The monoisotopic (exact) mass is 353 g/mol. The lowest BCUT2D eigenvalue weighted by molar-refractivity contribution is -0.149. The quantitative estimate of drug-likeness (QED) is 0.736. The molecule has 0 spiro atoms. The third-order valence-corrected chi connectivity index (χ3v) is 5.25. The first kappa shape index (κ1) is 19.7. The summed E-state index contributed by atoms with van der Waals surface area (Å²) in [4.78, 5) is 38.1. The zero-order chi connectivity index (χ0) is 18.2. The van der Waals surface area contributed by atoms with E-state index in [9.17, 15) is 14.4 Å². The van der Waals surface area contributed by atoms with E-state index in [2.05, 4.69) is 10.6 Å². The molecule has 7 nitrogen and oxygen atoms in total. The highest BCUT2D eigenvalue weighted by atomic mass is 16.5. The maximum Gasteiger partial charge on any atom is 0.321 e. The Bertz CT molecular complexity index is 469. The van der Waals surface area contributed by atoms with Gasteiger partial charge in [-0.3, -0.25) is 19.8 Å². The van der Waals surface area contributed by atoms with Gasteiger partial charge in [-0.15, -0.1) is 0 Å². The fraction of sp³-hybridized carbons (Fsp3) is 0.833. The van der Waals surface area contributed by atoms with Crippen molar-refractivity contribution in [3.05, 3.63) is 0 Å². The van der Waals surface area contributed by atoms with Gasteiger partial charge in [0.2, 0.25) is 5.91 Å². The average molecular weight is 353 g/mol. The van der Waals surface area contributed by atoms with Crippen LogP contribution in [0.5, 0.6) is 0 Å². The van der Waals surface area contributed by atoms with Gasteiger partial charge in [-0.2, -0.15) is 0 Å². The first-order valence-electron chi connectivity index (χ1n) is 9.53. The van der Waals surface area contributed by atoms with Crippen molar-refractivity contribution in [1.29, 1.82) is 0 Å². The average Bonchev–Trinajstić information content (AvgIpc) is 2.62. The molecular formula is C18H31N3O4. The van der Waals surface area contributed by atoms with E-state index in [0.717, 1.165) is 25.7 Å². The predicted molar refractivity (Wildman–Crippen MR) is 93.9 cm³/mol. The molecule has 1 saturated carbocycles. The van der Waals surface area contributed by atoms with Crippen LogP contribution in [0.1, 0.15) is 58.8 Å². The number of amides is 3. The third kappa shape index (κ3) is 5.99. The van der Waals surface area contributed by atoms with E-state index >= 15 is 0 Å². The second-order valence-corrected chi connectivity index (χ2v) is 7.04. The Morgan fingerprint density at radius 3 is 2.32 bits per heavy atom. The largest absolute Gasteiger partial charge is 0.466 e. The van der Waals surface area contributed by atoms with Crippen LogP contribution in [0.25, 0.3) is 0 Å². The van der Waals surface area contributed by atoms with Crippen molar-refractivity contribution in [2.24, 2.45) is 5.92 Å². The third-order valence-electron chi connectivity index (χ3n) is 5.25. The second-order valence-electron chi connectivity index (χ2n) is 7.04. The predicted octanol–water partition coefficient (Wildman–Crippen LogP) is 1.81. The van der Waals surface area contributed by atoms with Crippen LogP contribution in [-0.2, 0) is 14.3 Å². The molecule has 0 bridgehead atoms. The number of urea groups is 1. The number of ether oxygens (including phenoxy) is 1. The zero-order valence-corrected chi connectivity index (χ0v) is 15.4. The molecule has 0 unspecified atom stereocenters. The normalized spacial score (nSPS) is 21.4. The van der Waals surface area contributed by atoms with Crippen LogP contribution >= 0.6 is 0 Å². The van der Waals surface area contributed by atoms with E-state index in [1.165, 1.54) is 6.42 Å². The highest BCUT2D eigenvalue weighted by molar-refractivity contribution is 5.96. The molecule has 0 aromatic carbocycles. The maximum atomic E-state index is 12.3. The number of nitrogens with one attached hydrogen (secondary N) is 2. The lowest BCUT2D eigenvalue weighted by Crippen LogP contribution is -2.53. The zero-order valence-electron chi connectivity index (χ0n) is 15.4. The Labute approximate surface area is 149 Å². The van der Waals surface area contributed by atoms with Crippen LogP contribution in [-0.4, -0.2) is 54.6 Å². The summed E-state index contributed by atoms with van der Waals surface area (Å²) >= 11 is 0. The van der Waals surface area contributed by atoms with Crippen LogP contribution in [0, 0.1) is 5.92 Å². The van der Waals surface area contributed by atoms with Crippen LogP contribution < -0.4 is 10.6 Å². The minimum absolute atomic E-state index is 0.0824. The van der Waals surface area contributed by atoms with Gasteiger partial charge < -0.3 is 10.1 Å². The molecule has 0 aromatic rings. The Morgan fingerprint density at radius 1 is 1.08 bits per heavy atom. The van der Waals surface area contributed by atoms with Crippen LogP contribution in [0.4, 0.5) is 4.79 Å². The van der Waals surface area contributed by atoms with Gasteiger partial charge in [-0.1, -0.05) is 19.3 Å². The van der Waals surface area contributed by atoms with Crippen molar-refractivity contribution >= 4 is 17.9 Å². The van der Waals surface area contributed by atoms with Crippen molar-refractivity contribution in [2.45, 2.75) is 70.9 Å². The van der Waals surface area contributed by atoms with Crippen molar-refractivity contribution in [2.75, 3.05) is 19.7 Å². The summed E-state index contributed by atoms with van der Waals surface area (Å²) in [5.74, 6) is -0.518. The Morgan fingerprint density at radius 2 is 1.72 bits per heavy atom. The lowest BCUT2D eigenvalue weighted by Gasteiger charge is -2.34. The van der Waals surface area contributed by atoms with E-state index < -0.39 is 6.03 Å². The van der Waals surface area contributed by atoms with E-state index in [-0.39, 0.29) is 29.9 Å². The number of nitrogens with zero attached hydrogens (tertiary/aromatic N) is 1. The summed E-state index contributed by atoms with van der Waals surface area (Å²) < 4.78 is 5.06. The molecule has 1 aliphatic heterocycles. The molecule has 1 heterocycles. The molecule has 1 atom stereocenters. The molecule has 2 N–H and O–H groups in total. The van der Waals surface area contributed by atoms with Gasteiger partial charge >= 0.3 is 12.0 Å². The van der Waals surface area contributed by atoms with Crippen LogP contribution in [0.2, 0.25) is 0 Å². The van der Waals surface area contributed by atoms with Gasteiger partial charge in [0.1, 0.15) is 0 Å². The van der Waals surface area contributed by atoms with E-state index in [1.807, 2.05) is 4.90 Å². The molecule has 2 rings (SSSR count). The maximum absolute atomic E-state index is 12.3. The van der Waals surface area contributed by atoms with Crippen LogP contribution in [0.3, 0.4) is 0 Å². The summed E-state index contributed by atoms with van der Waals surface area (Å²) in [6.45, 7) is 5.31. The Hall–Kier alpha value is -1.63. The van der Waals surface area contributed by atoms with Crippen molar-refractivity contribution in [3.8, 4) is 0 Å². The number of rotatable bonds is 5. The first-order valence-corrected chi connectivity index (χ1v) is 9.53. The van der Waals surface area contributed by atoms with Crippen LogP contribution in [0.15, 0.2) is 0 Å². The molecule has 2 fully saturated rings. The molecule has 3 amide bonds. The van der Waals surface area contributed by atoms with Gasteiger partial charge in [0, 0.05) is 6.04 Å². The van der Waals surface area contributed by atoms with Crippen molar-refractivity contribution in [1.82, 2.24) is 15.5 Å². The summed E-state index contributed by atoms with van der Waals surface area (Å²) in [6, 6.07) is -0.609. The van der Waals surface area contributed by atoms with Crippen molar-refractivity contribution < 1.29 is 19.1 Å². The molecule has 142 valence electrons. The number of piperidine rings is 1. The number of carbonyl (C=O) groups is 3. The summed E-state index contributed by atoms with van der Waals surface area (Å²) in [7, 11) is 0. The number of hydrogen-bond acceptors (Lipinski definition) is 5. The fourth-order valence-electron chi connectivity index (χ4n) is 3.63. The number of carbonyl (C=O) groups excluding carboxylic acids is 3. The minimum Gasteiger partial charge on any atom is -0.466 e. The smallest absolute Gasteiger partial charge is 0.321 e. The Balaban J connectivity index is 1.72. The molecule has 25 heavy (non-hydrogen) atoms. The van der Waals surface area contributed by atoms with E-state index in [0.29, 0.717) is 32.5 Å². The first-order chi connectivity index (χ1) is 12.0. The van der Waals surface area contributed by atoms with Gasteiger partial charge in [0.15, 0.2) is 0 Å². The van der Waals surface area contributed by atoms with Gasteiger partial charge in [-0.25, -0.2) is 4.79 Å². The molecule has 7 heteroatoms. The number of esters is 1. The number of likely N-dealkylation sites (tertiary alicyclic amines) is 1. The fourth-order valence-corrected chi connectivity index (χ4v) is 3.63. The van der Waals surface area contributed by atoms with Gasteiger partial charge in [-0.05, 0) is 52.6 Å². The SMILES string of the molecule is CCOC(=O)C1CCN([C@H](C)C(=O)NC(=O)NC2CCCCC2)CC1. The molecule has 1 aliphatic carbocycles. The topological polar surface area (TPSA) is 87.7 Å². The van der Waals surface area contributed by atoms with Gasteiger partial charge in [0.05, 0.1) is 18.6 Å². The standard InChI is InChI=1S/C18H31N3O4/c1-3-25-17(23)14-9-11-21(12-10-14)13(2)16(22)20-18(24)19-15-7-5-4-6-8-15/h13-15H,3-12H2,1-2H3,(H2,19,20,22,24)/t13-/m1/s1. The highest BCUT2D eigenvalue weighted by Crippen LogP contribution is 2.20. The minimum atomic E-state index is -0.398. The number of hydrogen-bond donors (Lipinski definition) is 2. The molecule has 1 saturated heterocycles. The molecule has 0 aromatic heterocycles. The lowest BCUT2D eigenvalue weighted by atomic mass is 9.95. The van der Waals surface area contributed by atoms with E-state index in [4.69, 9.17) is 4.74 Å². The van der Waals surface area contributed by atoms with Gasteiger partial charge in [0.25, 0.3) is 0 Å². The van der Waals surface area contributed by atoms with Crippen molar-refractivity contribution in [3.63, 3.8) is 0 Å².